The van der Waals surface area contributed by atoms with Crippen molar-refractivity contribution in [2.24, 2.45) is 22.7 Å². The number of methoxy groups -OCH3 is 2. The van der Waals surface area contributed by atoms with Gasteiger partial charge in [-0.25, -0.2) is 0 Å². The van der Waals surface area contributed by atoms with Crippen LogP contribution < -0.4 is 14.8 Å². The lowest BCUT2D eigenvalue weighted by atomic mass is 9.37. The molecule has 0 aromatic heterocycles. The fourth-order valence-electron chi connectivity index (χ4n) is 8.36. The summed E-state index contributed by atoms with van der Waals surface area (Å²) in [4.78, 5) is 0. The van der Waals surface area contributed by atoms with Gasteiger partial charge in [0.25, 0.3) is 0 Å². The van der Waals surface area contributed by atoms with E-state index in [9.17, 15) is 5.11 Å². The van der Waals surface area contributed by atoms with Gasteiger partial charge in [0, 0.05) is 30.0 Å². The molecule has 1 saturated heterocycles. The average Bonchev–Trinajstić information content (AvgIpc) is 2.75. The van der Waals surface area contributed by atoms with Crippen LogP contribution in [-0.4, -0.2) is 50.2 Å². The van der Waals surface area contributed by atoms with Crippen molar-refractivity contribution in [3.8, 4) is 11.5 Å². The Bertz CT molecular complexity index is 921. The van der Waals surface area contributed by atoms with Gasteiger partial charge in [-0.15, -0.1) is 0 Å². The molecule has 2 bridgehead atoms. The summed E-state index contributed by atoms with van der Waals surface area (Å²) < 4.78 is 18.7. The van der Waals surface area contributed by atoms with Crippen LogP contribution in [0.25, 0.3) is 0 Å². The van der Waals surface area contributed by atoms with Crippen molar-refractivity contribution in [1.29, 1.82) is 0 Å². The van der Waals surface area contributed by atoms with Gasteiger partial charge < -0.3 is 24.6 Å². The molecule has 5 nitrogen and oxygen atoms in total. The third-order valence-electron chi connectivity index (χ3n) is 10.5. The topological polar surface area (TPSA) is 60.0 Å². The van der Waals surface area contributed by atoms with Crippen molar-refractivity contribution in [3.05, 3.63) is 23.3 Å². The Balaban J connectivity index is 1.70. The fourth-order valence-corrected chi connectivity index (χ4v) is 8.36. The maximum atomic E-state index is 11.5. The van der Waals surface area contributed by atoms with Gasteiger partial charge in [-0.05, 0) is 74.0 Å². The van der Waals surface area contributed by atoms with Crippen LogP contribution in [0.15, 0.2) is 12.1 Å². The first-order valence-electron chi connectivity index (χ1n) is 12.9. The molecular formula is C28H43NO4. The molecule has 2 fully saturated rings. The van der Waals surface area contributed by atoms with Crippen LogP contribution in [0, 0.1) is 22.7 Å². The van der Waals surface area contributed by atoms with Gasteiger partial charge in [0.05, 0.1) is 25.4 Å². The van der Waals surface area contributed by atoms with Crippen molar-refractivity contribution in [3.63, 3.8) is 0 Å². The molecule has 5 rings (SSSR count). The van der Waals surface area contributed by atoms with Crippen LogP contribution in [0.5, 0.6) is 11.5 Å². The largest absolute Gasteiger partial charge is 0.493 e. The molecule has 2 N–H and O–H groups in total. The van der Waals surface area contributed by atoms with Gasteiger partial charge in [0.2, 0.25) is 0 Å². The van der Waals surface area contributed by atoms with Crippen molar-refractivity contribution in [2.45, 2.75) is 89.9 Å². The van der Waals surface area contributed by atoms with Gasteiger partial charge >= 0.3 is 0 Å². The first-order chi connectivity index (χ1) is 15.6. The smallest absolute Gasteiger partial charge is 0.165 e. The van der Waals surface area contributed by atoms with Crippen LogP contribution in [0.3, 0.4) is 0 Å². The highest BCUT2D eigenvalue weighted by Crippen LogP contribution is 2.70. The van der Waals surface area contributed by atoms with E-state index in [1.807, 2.05) is 14.0 Å². The highest BCUT2D eigenvalue weighted by molar-refractivity contribution is 5.60. The van der Waals surface area contributed by atoms with Crippen molar-refractivity contribution in [1.82, 2.24) is 5.32 Å². The number of ether oxygens (including phenoxy) is 3. The second-order valence-corrected chi connectivity index (χ2v) is 12.4. The quantitative estimate of drug-likeness (QED) is 0.683. The average molecular weight is 458 g/mol. The van der Waals surface area contributed by atoms with Crippen molar-refractivity contribution in [2.75, 3.05) is 27.4 Å². The Kier molecular flexibility index (Phi) is 5.40. The maximum Gasteiger partial charge on any atom is 0.165 e. The highest BCUT2D eigenvalue weighted by Gasteiger charge is 2.70. The summed E-state index contributed by atoms with van der Waals surface area (Å²) in [6.45, 7) is 12.5. The van der Waals surface area contributed by atoms with E-state index in [0.29, 0.717) is 12.6 Å². The van der Waals surface area contributed by atoms with E-state index in [2.05, 4.69) is 45.1 Å². The number of hydrogen-bond donors (Lipinski definition) is 2. The number of piperidine rings is 1. The lowest BCUT2D eigenvalue weighted by Gasteiger charge is -2.70. The molecule has 0 amide bonds. The minimum atomic E-state index is -0.771. The van der Waals surface area contributed by atoms with Crippen molar-refractivity contribution < 1.29 is 19.3 Å². The minimum Gasteiger partial charge on any atom is -0.493 e. The predicted octanol–water partition coefficient (Wildman–Crippen LogP) is 4.48. The molecule has 2 aliphatic carbocycles. The Morgan fingerprint density at radius 1 is 1.21 bits per heavy atom. The number of nitrogens with one attached hydrogen (secondary N) is 1. The van der Waals surface area contributed by atoms with E-state index in [4.69, 9.17) is 14.2 Å². The summed E-state index contributed by atoms with van der Waals surface area (Å²) in [6, 6.07) is 4.79. The summed E-state index contributed by atoms with van der Waals surface area (Å²) in [5.41, 5.74) is 1.97. The summed E-state index contributed by atoms with van der Waals surface area (Å²) in [5.74, 6) is 2.37. The van der Waals surface area contributed by atoms with Gasteiger partial charge in [-0.1, -0.05) is 33.8 Å². The van der Waals surface area contributed by atoms with Gasteiger partial charge in [0.1, 0.15) is 0 Å². The normalized spacial score (nSPS) is 38.7. The SMILES string of the molecule is CC[C@]12C[C@H](CC(C)(O)C(C)(C)C)[C@@H](OC)[C@@H]3COc4c(OC)ccc5c4[C@@]31CCN[C@@H]2C5. The predicted molar refractivity (Wildman–Crippen MR) is 130 cm³/mol. The van der Waals surface area contributed by atoms with Crippen LogP contribution >= 0.6 is 0 Å². The van der Waals surface area contributed by atoms with Crippen LogP contribution in [0.1, 0.15) is 71.4 Å². The zero-order valence-electron chi connectivity index (χ0n) is 21.6. The first kappa shape index (κ1) is 23.4. The zero-order valence-corrected chi connectivity index (χ0v) is 21.6. The highest BCUT2D eigenvalue weighted by atomic mass is 16.5. The monoisotopic (exact) mass is 457 g/mol. The molecule has 1 aromatic carbocycles. The van der Waals surface area contributed by atoms with Crippen LogP contribution in [0.4, 0.5) is 0 Å². The molecule has 5 heteroatoms. The van der Waals surface area contributed by atoms with E-state index in [0.717, 1.165) is 50.1 Å². The lowest BCUT2D eigenvalue weighted by molar-refractivity contribution is -0.190. The molecule has 1 aromatic rings. The number of aliphatic hydroxyl groups is 1. The summed E-state index contributed by atoms with van der Waals surface area (Å²) in [6.07, 6.45) is 5.11. The van der Waals surface area contributed by atoms with E-state index in [1.54, 1.807) is 7.11 Å². The Morgan fingerprint density at radius 2 is 1.97 bits per heavy atom. The number of rotatable bonds is 5. The molecule has 1 unspecified atom stereocenters. The van der Waals surface area contributed by atoms with Crippen molar-refractivity contribution >= 4 is 0 Å². The third kappa shape index (κ3) is 2.94. The Morgan fingerprint density at radius 3 is 2.61 bits per heavy atom. The van der Waals surface area contributed by atoms with E-state index >= 15 is 0 Å². The van der Waals surface area contributed by atoms with E-state index < -0.39 is 5.60 Å². The van der Waals surface area contributed by atoms with Crippen LogP contribution in [0.2, 0.25) is 0 Å². The number of hydrogen-bond acceptors (Lipinski definition) is 5. The first-order valence-corrected chi connectivity index (χ1v) is 12.9. The van der Waals surface area contributed by atoms with Gasteiger partial charge in [0.15, 0.2) is 11.5 Å². The molecule has 1 spiro atoms. The molecule has 184 valence electrons. The summed E-state index contributed by atoms with van der Waals surface area (Å²) >= 11 is 0. The molecule has 1 saturated carbocycles. The van der Waals surface area contributed by atoms with Crippen LogP contribution in [-0.2, 0) is 16.6 Å². The molecule has 0 radical (unpaired) electrons. The molecular weight excluding hydrogens is 414 g/mol. The Labute approximate surface area is 199 Å². The second kappa shape index (κ2) is 7.60. The fraction of sp³-hybridized carbons (Fsp3) is 0.786. The molecule has 2 aliphatic heterocycles. The van der Waals surface area contributed by atoms with E-state index in [-0.39, 0.29) is 34.2 Å². The number of benzene rings is 1. The summed E-state index contributed by atoms with van der Waals surface area (Å²) in [7, 11) is 3.61. The molecule has 7 atom stereocenters. The van der Waals surface area contributed by atoms with Gasteiger partial charge in [-0.3, -0.25) is 0 Å². The third-order valence-corrected chi connectivity index (χ3v) is 10.5. The summed E-state index contributed by atoms with van der Waals surface area (Å²) in [5, 5.41) is 15.5. The molecule has 2 heterocycles. The second-order valence-electron chi connectivity index (χ2n) is 12.4. The lowest BCUT2D eigenvalue weighted by Crippen LogP contribution is -2.74. The molecule has 4 aliphatic rings. The van der Waals surface area contributed by atoms with E-state index in [1.165, 1.54) is 11.1 Å². The Hall–Kier alpha value is -1.30. The van der Waals surface area contributed by atoms with Gasteiger partial charge in [-0.2, -0.15) is 0 Å². The minimum absolute atomic E-state index is 0.0120. The standard InChI is InChI=1S/C28H43NO4/c1-8-27-15-18(14-26(5,30)25(2,3)4)23(32-7)19-16-33-24-20(31-6)10-9-17-13-21(27)29-12-11-28(19,27)22(17)24/h9-10,18-19,21,23,29-30H,8,11-16H2,1-7H3/t18-,19-,21+,23+,26?,27+,28+/m0/s1. The maximum absolute atomic E-state index is 11.5. The molecule has 33 heavy (non-hydrogen) atoms. The zero-order chi connectivity index (χ0) is 23.8.